The number of nitrogens with zero attached hydrogens (tertiary/aromatic N) is 3. The quantitative estimate of drug-likeness (QED) is 0.163. The smallest absolute Gasteiger partial charge is 0.252 e. The van der Waals surface area contributed by atoms with Crippen LogP contribution in [0, 0.1) is 41.5 Å². The molecule has 0 saturated carbocycles. The molecule has 0 unspecified atom stereocenters. The number of benzene rings is 9. The lowest BCUT2D eigenvalue weighted by atomic mass is 9.33. The number of fused-ring (bicyclic) bond motifs is 10. The van der Waals surface area contributed by atoms with Gasteiger partial charge in [-0.2, -0.15) is 0 Å². The molecule has 2 aliphatic rings. The van der Waals surface area contributed by atoms with Crippen LogP contribution >= 0.6 is 11.3 Å². The molecular weight excluding hydrogens is 950 g/mol. The van der Waals surface area contributed by atoms with Gasteiger partial charge in [-0.25, -0.2) is 0 Å². The lowest BCUT2D eigenvalue weighted by Crippen LogP contribution is -2.61. The number of hydrogen-bond donors (Lipinski definition) is 0. The fraction of sp³-hybridized carbons (Fsp3) is 0.250. The van der Waals surface area contributed by atoms with E-state index in [0.717, 1.165) is 0 Å². The molecule has 4 heterocycles. The Morgan fingerprint density at radius 2 is 0.896 bits per heavy atom. The SMILES string of the molecule is Cc1cccc(C)c1N1c2ccc(C(C)(C)C)cc2B2c3cc4c5cc(C(C)(C)C)ccc5n(-c5c(C)cccc5C)c4cc3N(c3c(C)cc(-c4cccc5c4sc4ccccc45)cc3C)c3cc(C(C)(C)C)cc1c32. The molecule has 0 spiro atoms. The van der Waals surface area contributed by atoms with E-state index >= 15 is 0 Å². The third kappa shape index (κ3) is 7.50. The molecule has 0 bridgehead atoms. The minimum Gasteiger partial charge on any atom is -0.311 e. The van der Waals surface area contributed by atoms with Crippen molar-refractivity contribution in [3.8, 4) is 16.8 Å². The van der Waals surface area contributed by atoms with Crippen LogP contribution in [0.25, 0.3) is 58.8 Å². The van der Waals surface area contributed by atoms with Crippen molar-refractivity contribution in [2.75, 3.05) is 9.80 Å². The van der Waals surface area contributed by atoms with Crippen LogP contribution in [-0.2, 0) is 16.2 Å². The molecule has 2 aromatic heterocycles. The number of aryl methyl sites for hydroxylation is 6. The highest BCUT2D eigenvalue weighted by atomic mass is 32.1. The first-order valence-electron chi connectivity index (χ1n) is 27.8. The minimum atomic E-state index is -0.157. The van der Waals surface area contributed by atoms with Crippen molar-refractivity contribution in [2.45, 2.75) is 120 Å². The maximum absolute atomic E-state index is 2.71. The van der Waals surface area contributed by atoms with Gasteiger partial charge in [-0.15, -0.1) is 11.3 Å². The van der Waals surface area contributed by atoms with Crippen molar-refractivity contribution in [2.24, 2.45) is 0 Å². The summed E-state index contributed by atoms with van der Waals surface area (Å²) in [7, 11) is 0. The van der Waals surface area contributed by atoms with Crippen molar-refractivity contribution in [1.82, 2.24) is 4.57 Å². The number of aromatic nitrogens is 1. The summed E-state index contributed by atoms with van der Waals surface area (Å²) in [6.45, 7) is 35.1. The average Bonchev–Trinajstić information content (AvgIpc) is 4.14. The van der Waals surface area contributed by atoms with E-state index in [4.69, 9.17) is 0 Å². The standard InChI is InChI=1S/C72H70BN3S/c1-41-21-18-22-42(2)66(41)74-58-31-29-48(70(7,8)9)35-54(58)55-39-57-61(40-60(55)74)76(68-45(5)33-47(34-46(68)6)51-26-20-27-53-52-25-16-17-28-64(52)77-69(51)53)63-38-50(72(13,14)15)37-62-65(63)73(57)56-36-49(71(10,11)12)30-32-59(56)75(62)67-43(3)23-19-24-44(67)4/h16-40H,1-15H3. The number of hydrogen-bond acceptors (Lipinski definition) is 3. The van der Waals surface area contributed by atoms with E-state index in [1.54, 1.807) is 0 Å². The molecule has 9 aromatic carbocycles. The van der Waals surface area contributed by atoms with E-state index in [9.17, 15) is 0 Å². The summed E-state index contributed by atoms with van der Waals surface area (Å²) in [5.74, 6) is 0. The zero-order valence-corrected chi connectivity index (χ0v) is 48.6. The second-order valence-corrected chi connectivity index (χ2v) is 26.8. The zero-order chi connectivity index (χ0) is 53.9. The third-order valence-electron chi connectivity index (χ3n) is 17.3. The summed E-state index contributed by atoms with van der Waals surface area (Å²) in [6, 6.07) is 59.3. The molecule has 5 heteroatoms. The fourth-order valence-corrected chi connectivity index (χ4v) is 14.6. The fourth-order valence-electron chi connectivity index (χ4n) is 13.4. The summed E-state index contributed by atoms with van der Waals surface area (Å²) in [4.78, 5) is 5.36. The van der Waals surface area contributed by atoms with E-state index < -0.39 is 0 Å². The van der Waals surface area contributed by atoms with E-state index in [-0.39, 0.29) is 23.0 Å². The van der Waals surface area contributed by atoms with Crippen LogP contribution in [0.1, 0.15) is 112 Å². The molecule has 0 saturated heterocycles. The van der Waals surface area contributed by atoms with Crippen molar-refractivity contribution < 1.29 is 0 Å². The van der Waals surface area contributed by atoms with E-state index in [0.29, 0.717) is 0 Å². The van der Waals surface area contributed by atoms with Gasteiger partial charge in [0.1, 0.15) is 0 Å². The Hall–Kier alpha value is -7.34. The number of para-hydroxylation sites is 2. The Kier molecular flexibility index (Phi) is 10.9. The van der Waals surface area contributed by atoms with E-state index in [1.807, 2.05) is 11.3 Å². The third-order valence-corrected chi connectivity index (χ3v) is 18.5. The van der Waals surface area contributed by atoms with Crippen molar-refractivity contribution in [1.29, 1.82) is 0 Å². The van der Waals surface area contributed by atoms with E-state index in [2.05, 4.69) is 270 Å². The molecule has 2 aliphatic heterocycles. The van der Waals surface area contributed by atoms with Gasteiger partial charge in [-0.05, 0) is 190 Å². The molecule has 3 nitrogen and oxygen atoms in total. The number of anilines is 6. The first-order chi connectivity index (χ1) is 36.6. The molecule has 0 N–H and O–H groups in total. The van der Waals surface area contributed by atoms with Gasteiger partial charge in [-0.3, -0.25) is 0 Å². The van der Waals surface area contributed by atoms with Crippen LogP contribution in [-0.4, -0.2) is 11.3 Å². The Bertz CT molecular complexity index is 4250. The summed E-state index contributed by atoms with van der Waals surface area (Å²) in [6.07, 6.45) is 0. The highest BCUT2D eigenvalue weighted by molar-refractivity contribution is 7.26. The molecule has 11 aromatic rings. The normalized spacial score (nSPS) is 13.6. The second-order valence-electron chi connectivity index (χ2n) is 25.8. The Morgan fingerprint density at radius 1 is 0.377 bits per heavy atom. The van der Waals surface area contributed by atoms with Gasteiger partial charge in [0.05, 0.1) is 28.1 Å². The molecule has 0 radical (unpaired) electrons. The molecule has 382 valence electrons. The number of rotatable bonds is 4. The van der Waals surface area contributed by atoms with Crippen LogP contribution in [0.4, 0.5) is 34.1 Å². The lowest BCUT2D eigenvalue weighted by molar-refractivity contribution is 0.590. The zero-order valence-electron chi connectivity index (χ0n) is 47.8. The Labute approximate surface area is 460 Å². The van der Waals surface area contributed by atoms with Gasteiger partial charge in [0, 0.05) is 53.7 Å². The van der Waals surface area contributed by atoms with Crippen molar-refractivity contribution in [3.05, 3.63) is 202 Å². The van der Waals surface area contributed by atoms with Gasteiger partial charge < -0.3 is 14.4 Å². The largest absolute Gasteiger partial charge is 0.311 e. The van der Waals surface area contributed by atoms with Crippen LogP contribution in [0.3, 0.4) is 0 Å². The number of thiophene rings is 1. The van der Waals surface area contributed by atoms with Crippen LogP contribution < -0.4 is 26.2 Å². The molecular formula is C72H70BN3S. The second kappa shape index (κ2) is 17.1. The highest BCUT2D eigenvalue weighted by Crippen LogP contribution is 2.51. The molecule has 77 heavy (non-hydrogen) atoms. The van der Waals surface area contributed by atoms with Gasteiger partial charge >= 0.3 is 0 Å². The van der Waals surface area contributed by atoms with Crippen LogP contribution in [0.2, 0.25) is 0 Å². The first-order valence-corrected chi connectivity index (χ1v) is 28.6. The molecule has 0 atom stereocenters. The average molecular weight is 1020 g/mol. The maximum atomic E-state index is 2.71. The maximum Gasteiger partial charge on any atom is 0.252 e. The Morgan fingerprint density at radius 3 is 1.53 bits per heavy atom. The monoisotopic (exact) mass is 1020 g/mol. The summed E-state index contributed by atoms with van der Waals surface area (Å²) in [5, 5.41) is 5.23. The lowest BCUT2D eigenvalue weighted by Gasteiger charge is -2.46. The molecule has 0 aliphatic carbocycles. The summed E-state index contributed by atoms with van der Waals surface area (Å²) in [5.41, 5.74) is 29.1. The molecule has 0 amide bonds. The van der Waals surface area contributed by atoms with Gasteiger partial charge in [-0.1, -0.05) is 159 Å². The van der Waals surface area contributed by atoms with Gasteiger partial charge in [0.25, 0.3) is 6.71 Å². The summed E-state index contributed by atoms with van der Waals surface area (Å²) < 4.78 is 5.26. The highest BCUT2D eigenvalue weighted by Gasteiger charge is 2.46. The van der Waals surface area contributed by atoms with E-state index in [1.165, 1.54) is 159 Å². The van der Waals surface area contributed by atoms with Gasteiger partial charge in [0.15, 0.2) is 0 Å². The van der Waals surface area contributed by atoms with Gasteiger partial charge in [0.2, 0.25) is 0 Å². The Balaban J connectivity index is 1.19. The molecule has 0 fully saturated rings. The predicted molar refractivity (Wildman–Crippen MR) is 338 cm³/mol. The van der Waals surface area contributed by atoms with Crippen molar-refractivity contribution in [3.63, 3.8) is 0 Å². The molecule has 13 rings (SSSR count). The predicted octanol–water partition coefficient (Wildman–Crippen LogP) is 18.6. The van der Waals surface area contributed by atoms with Crippen LogP contribution in [0.15, 0.2) is 152 Å². The minimum absolute atomic E-state index is 0.0304. The first kappa shape index (κ1) is 49.3. The van der Waals surface area contributed by atoms with Crippen LogP contribution in [0.5, 0.6) is 0 Å². The topological polar surface area (TPSA) is 11.4 Å². The van der Waals surface area contributed by atoms with Crippen molar-refractivity contribution >= 4 is 111 Å². The summed E-state index contributed by atoms with van der Waals surface area (Å²) >= 11 is 1.91.